The van der Waals surface area contributed by atoms with Crippen molar-refractivity contribution in [1.82, 2.24) is 19.9 Å². The summed E-state index contributed by atoms with van der Waals surface area (Å²) in [6.45, 7) is 16.2. The molecule has 57 heavy (non-hydrogen) atoms. The molecule has 2 aromatic heterocycles. The van der Waals surface area contributed by atoms with Crippen LogP contribution >= 0.6 is 10.2 Å². The molecule has 7 rings (SSSR count). The molecule has 0 saturated carbocycles. The van der Waals surface area contributed by atoms with Crippen LogP contribution in [0.5, 0.6) is 0 Å². The van der Waals surface area contributed by atoms with E-state index in [-0.39, 0.29) is 39.7 Å². The van der Waals surface area contributed by atoms with E-state index >= 15 is 17.6 Å². The number of halogens is 13. The third-order valence-electron chi connectivity index (χ3n) is 9.08. The van der Waals surface area contributed by atoms with Gasteiger partial charge in [-0.15, -0.1) is 0 Å². The fraction of sp³-hybridized carbons (Fsp3) is 0.0857. The maximum Gasteiger partial charge on any atom is 0.316 e. The van der Waals surface area contributed by atoms with Crippen LogP contribution in [0.3, 0.4) is 0 Å². The molecule has 3 aromatic carbocycles. The molecule has 22 heteroatoms. The standard InChI is InChI=1S/C35H9F13N8S/c1-10-25(36)27(38)23(28(39)26(10)37)17-8-53-13-4-11-19(15(6-49)51-2)12-5-14-34(21(12)22(16(7-50)52-3)20(11)33(13)55-17)56-18(9-54-14)24-29(40)31(42)35(32(43)30(24)41)57(44,45,46,47)48/h8-9H,4-5H2,1H3/b19-15+,22-16+. The Labute approximate surface area is 308 Å². The minimum atomic E-state index is -11.4. The lowest BCUT2D eigenvalue weighted by molar-refractivity contribution is 0.330. The van der Waals surface area contributed by atoms with E-state index in [0.717, 1.165) is 13.1 Å². The Morgan fingerprint density at radius 3 is 1.32 bits per heavy atom. The highest BCUT2D eigenvalue weighted by atomic mass is 32.5. The van der Waals surface area contributed by atoms with Crippen molar-refractivity contribution in [3.05, 3.63) is 120 Å². The highest BCUT2D eigenvalue weighted by Gasteiger charge is 2.70. The van der Waals surface area contributed by atoms with E-state index in [1.54, 1.807) is 12.1 Å². The summed E-state index contributed by atoms with van der Waals surface area (Å²) < 4.78 is 187. The predicted octanol–water partition coefficient (Wildman–Crippen LogP) is 8.92. The van der Waals surface area contributed by atoms with Crippen molar-refractivity contribution in [2.45, 2.75) is 24.7 Å². The number of nitriles is 2. The van der Waals surface area contributed by atoms with Crippen LogP contribution in [0.4, 0.5) is 54.6 Å². The van der Waals surface area contributed by atoms with Gasteiger partial charge in [0.15, 0.2) is 51.4 Å². The molecule has 8 nitrogen and oxygen atoms in total. The van der Waals surface area contributed by atoms with Crippen LogP contribution in [-0.4, -0.2) is 19.9 Å². The van der Waals surface area contributed by atoms with E-state index < -0.39 is 130 Å². The Hall–Kier alpha value is -7.04. The molecule has 0 bridgehead atoms. The number of rotatable bonds is 3. The van der Waals surface area contributed by atoms with Crippen molar-refractivity contribution < 1.29 is 54.6 Å². The van der Waals surface area contributed by atoms with Gasteiger partial charge in [0, 0.05) is 40.0 Å². The lowest BCUT2D eigenvalue weighted by Gasteiger charge is -2.40. The van der Waals surface area contributed by atoms with Gasteiger partial charge >= 0.3 is 10.2 Å². The minimum Gasteiger partial charge on any atom is -0.256 e. The number of hydrogen-bond donors (Lipinski definition) is 0. The Morgan fingerprint density at radius 1 is 0.596 bits per heavy atom. The van der Waals surface area contributed by atoms with E-state index in [1.165, 1.54) is 0 Å². The molecular weight excluding hydrogens is 811 g/mol. The highest BCUT2D eigenvalue weighted by Crippen LogP contribution is 3.02. The Balaban J connectivity index is 1.62. The van der Waals surface area contributed by atoms with Crippen molar-refractivity contribution >= 4 is 21.6 Å². The highest BCUT2D eigenvalue weighted by molar-refractivity contribution is 8.45. The smallest absolute Gasteiger partial charge is 0.256 e. The van der Waals surface area contributed by atoms with Gasteiger partial charge in [-0.05, 0) is 18.1 Å². The second-order valence-corrected chi connectivity index (χ2v) is 14.6. The summed E-state index contributed by atoms with van der Waals surface area (Å²) in [7, 11) is -11.4. The van der Waals surface area contributed by atoms with Crippen molar-refractivity contribution in [2.75, 3.05) is 0 Å². The van der Waals surface area contributed by atoms with Crippen LogP contribution in [0.25, 0.3) is 66.1 Å². The lowest BCUT2D eigenvalue weighted by atomic mass is 9.92. The zero-order valence-corrected chi connectivity index (χ0v) is 28.3. The minimum absolute atomic E-state index is 0.0529. The van der Waals surface area contributed by atoms with Crippen LogP contribution in [-0.2, 0) is 12.8 Å². The zero-order chi connectivity index (χ0) is 41.9. The summed E-state index contributed by atoms with van der Waals surface area (Å²) in [6.07, 6.45) is 0.295. The molecule has 5 aromatic rings. The molecule has 0 fully saturated rings. The first-order chi connectivity index (χ1) is 26.5. The molecular formula is C35H9F13N8S. The Morgan fingerprint density at radius 2 is 0.965 bits per heavy atom. The van der Waals surface area contributed by atoms with Gasteiger partial charge in [-0.25, -0.2) is 65.3 Å². The first-order valence-electron chi connectivity index (χ1n) is 15.2. The fourth-order valence-corrected chi connectivity index (χ4v) is 7.59. The van der Waals surface area contributed by atoms with Gasteiger partial charge in [-0.1, -0.05) is 19.4 Å². The number of nitrogens with zero attached hydrogens (tertiary/aromatic N) is 8. The summed E-state index contributed by atoms with van der Waals surface area (Å²) >= 11 is 0. The third kappa shape index (κ3) is 5.43. The molecule has 2 heterocycles. The maximum atomic E-state index is 15.2. The number of benzene rings is 3. The van der Waals surface area contributed by atoms with E-state index in [4.69, 9.17) is 13.1 Å². The van der Waals surface area contributed by atoms with Crippen molar-refractivity contribution in [2.24, 2.45) is 0 Å². The molecule has 2 aliphatic rings. The molecule has 0 aliphatic heterocycles. The van der Waals surface area contributed by atoms with Crippen molar-refractivity contribution in [3.8, 4) is 57.2 Å². The van der Waals surface area contributed by atoms with Gasteiger partial charge in [0.25, 0.3) is 11.4 Å². The maximum absolute atomic E-state index is 15.2. The Bertz CT molecular complexity index is 3010. The molecule has 0 atom stereocenters. The summed E-state index contributed by atoms with van der Waals surface area (Å²) in [5.74, 6) is -20.3. The van der Waals surface area contributed by atoms with Crippen molar-refractivity contribution in [1.29, 1.82) is 10.5 Å². The van der Waals surface area contributed by atoms with Gasteiger partial charge in [0.05, 0.1) is 83.0 Å². The molecule has 0 radical (unpaired) electrons. The molecule has 2 aliphatic carbocycles. The summed E-state index contributed by atoms with van der Waals surface area (Å²) in [4.78, 5) is 18.4. The third-order valence-corrected chi connectivity index (χ3v) is 10.2. The molecule has 0 saturated heterocycles. The largest absolute Gasteiger partial charge is 0.316 e. The first kappa shape index (κ1) is 38.2. The number of aromatic nitrogens is 4. The molecule has 0 unspecified atom stereocenters. The van der Waals surface area contributed by atoms with Gasteiger partial charge in [0.1, 0.15) is 0 Å². The second-order valence-electron chi connectivity index (χ2n) is 12.2. The van der Waals surface area contributed by atoms with Crippen LogP contribution in [0.1, 0.15) is 28.1 Å². The van der Waals surface area contributed by atoms with Gasteiger partial charge < -0.3 is 0 Å². The fourth-order valence-electron chi connectivity index (χ4n) is 6.74. The monoisotopic (exact) mass is 820 g/mol. The summed E-state index contributed by atoms with van der Waals surface area (Å²) in [5, 5.41) is 19.3. The molecule has 0 spiro atoms. The van der Waals surface area contributed by atoms with Crippen LogP contribution in [0.2, 0.25) is 0 Å². The normalized spacial score (nSPS) is 14.8. The predicted molar refractivity (Wildman–Crippen MR) is 171 cm³/mol. The molecule has 0 N–H and O–H groups in total. The van der Waals surface area contributed by atoms with E-state index in [1.807, 2.05) is 0 Å². The quantitative estimate of drug-likeness (QED) is 0.100. The second kappa shape index (κ2) is 11.7. The number of hydrogen-bond acceptors (Lipinski definition) is 6. The van der Waals surface area contributed by atoms with Gasteiger partial charge in [-0.2, -0.15) is 0 Å². The first-order valence-corrected chi connectivity index (χ1v) is 17.1. The SMILES string of the molecule is [C-]#[N+]/C(C#N)=c1\c2c(/c(=C(/C#N)[N+]#[C-])c3c1Cc1ncc(-c4c(F)c(F)c(S(F)(F)(F)(F)F)c(F)c4F)nc1-3)-c1nc(-c3c(F)c(F)c(C)c(F)c3F)cnc1C2. The van der Waals surface area contributed by atoms with Crippen LogP contribution in [0.15, 0.2) is 17.3 Å². The van der Waals surface area contributed by atoms with Gasteiger partial charge in [0.2, 0.25) is 0 Å². The summed E-state index contributed by atoms with van der Waals surface area (Å²) in [5.41, 5.74) is -10.4. The molecule has 0 amide bonds. The van der Waals surface area contributed by atoms with E-state index in [2.05, 4.69) is 29.6 Å². The Kier molecular flexibility index (Phi) is 7.87. The van der Waals surface area contributed by atoms with E-state index in [0.29, 0.717) is 6.20 Å². The van der Waals surface area contributed by atoms with Crippen molar-refractivity contribution in [3.63, 3.8) is 0 Å². The average Bonchev–Trinajstić information content (AvgIpc) is 3.71. The number of fused-ring (bicyclic) bond motifs is 6. The average molecular weight is 821 g/mol. The lowest BCUT2D eigenvalue weighted by Crippen LogP contribution is -2.26. The van der Waals surface area contributed by atoms with Crippen LogP contribution < -0.4 is 10.4 Å². The zero-order valence-electron chi connectivity index (χ0n) is 27.5. The topological polar surface area (TPSA) is 108 Å². The van der Waals surface area contributed by atoms with Gasteiger partial charge in [-0.3, -0.25) is 9.97 Å². The van der Waals surface area contributed by atoms with E-state index in [9.17, 15) is 47.5 Å². The summed E-state index contributed by atoms with van der Waals surface area (Å²) in [6, 6.07) is 3.23. The van der Waals surface area contributed by atoms with Crippen LogP contribution in [0, 0.1) is 89.3 Å². The molecule has 286 valence electrons.